The van der Waals surface area contributed by atoms with Crippen molar-refractivity contribution in [1.82, 2.24) is 4.57 Å². The molecule has 0 N–H and O–H groups in total. The van der Waals surface area contributed by atoms with Crippen molar-refractivity contribution in [2.24, 2.45) is 4.99 Å². The number of hydrogen-bond donors (Lipinski definition) is 0. The molecule has 0 atom stereocenters. The van der Waals surface area contributed by atoms with Gasteiger partial charge < -0.3 is 13.7 Å². The van der Waals surface area contributed by atoms with E-state index in [2.05, 4.69) is 9.73 Å². The van der Waals surface area contributed by atoms with E-state index in [0.717, 1.165) is 28.6 Å². The lowest BCUT2D eigenvalue weighted by atomic mass is 10.2. The second-order valence-corrected chi connectivity index (χ2v) is 6.34. The third kappa shape index (κ3) is 3.80. The molecule has 0 saturated heterocycles. The van der Waals surface area contributed by atoms with E-state index in [-0.39, 0.29) is 11.4 Å². The number of halogens is 2. The molecule has 7 heteroatoms. The number of ether oxygens (including phenoxy) is 1. The highest BCUT2D eigenvalue weighted by atomic mass is 19.1. The highest BCUT2D eigenvalue weighted by Gasteiger charge is 2.13. The summed E-state index contributed by atoms with van der Waals surface area (Å²) in [5, 5.41) is 0.915. The number of esters is 1. The summed E-state index contributed by atoms with van der Waals surface area (Å²) in [7, 11) is 1.29. The molecule has 2 aromatic heterocycles. The molecule has 0 amide bonds. The first-order chi connectivity index (χ1) is 14.0. The lowest BCUT2D eigenvalue weighted by molar-refractivity contribution is 0.0563. The van der Waals surface area contributed by atoms with E-state index in [0.29, 0.717) is 12.3 Å². The number of hydrogen-bond acceptors (Lipinski definition) is 4. The van der Waals surface area contributed by atoms with Gasteiger partial charge in [0.15, 0.2) is 5.82 Å². The van der Waals surface area contributed by atoms with Gasteiger partial charge in [0.25, 0.3) is 0 Å². The van der Waals surface area contributed by atoms with Gasteiger partial charge in [-0.25, -0.2) is 13.6 Å². The minimum absolute atomic E-state index is 0.0528. The smallest absolute Gasteiger partial charge is 0.373 e. The van der Waals surface area contributed by atoms with E-state index in [9.17, 15) is 13.6 Å². The predicted molar refractivity (Wildman–Crippen MR) is 105 cm³/mol. The first-order valence-electron chi connectivity index (χ1n) is 8.79. The zero-order valence-corrected chi connectivity index (χ0v) is 15.4. The summed E-state index contributed by atoms with van der Waals surface area (Å²) in [4.78, 5) is 15.7. The van der Waals surface area contributed by atoms with Crippen LogP contribution in [0.5, 0.6) is 0 Å². The number of rotatable bonds is 5. The molecule has 0 radical (unpaired) electrons. The molecule has 0 saturated carbocycles. The maximum Gasteiger partial charge on any atom is 0.373 e. The first kappa shape index (κ1) is 18.6. The molecule has 4 aromatic rings. The lowest BCUT2D eigenvalue weighted by Gasteiger charge is -2.02. The Morgan fingerprint density at radius 2 is 2.00 bits per heavy atom. The lowest BCUT2D eigenvalue weighted by Crippen LogP contribution is -1.99. The Balaban J connectivity index is 1.67. The molecular formula is C22H16F2N2O3. The molecule has 4 rings (SSSR count). The molecule has 0 spiro atoms. The van der Waals surface area contributed by atoms with Crippen molar-refractivity contribution in [2.45, 2.75) is 6.54 Å². The normalized spacial score (nSPS) is 11.4. The standard InChI is InChI=1S/C22H16F2N2O3/c1-28-22(27)21-9-7-16(29-21)13-26-12-14(17-4-2-3-5-20(17)26)11-25-19-8-6-15(23)10-18(19)24/h2-12H,13H2,1H3. The summed E-state index contributed by atoms with van der Waals surface area (Å²) in [5.74, 6) is -1.20. The molecule has 0 aliphatic rings. The van der Waals surface area contributed by atoms with Crippen LogP contribution in [0, 0.1) is 11.6 Å². The van der Waals surface area contributed by atoms with Gasteiger partial charge in [0.2, 0.25) is 5.76 Å². The summed E-state index contributed by atoms with van der Waals surface area (Å²) < 4.78 is 39.1. The Morgan fingerprint density at radius 1 is 1.17 bits per heavy atom. The Morgan fingerprint density at radius 3 is 2.79 bits per heavy atom. The van der Waals surface area contributed by atoms with Crippen LogP contribution < -0.4 is 0 Å². The van der Waals surface area contributed by atoms with Gasteiger partial charge in [0, 0.05) is 34.9 Å². The van der Waals surface area contributed by atoms with Crippen LogP contribution in [-0.2, 0) is 11.3 Å². The van der Waals surface area contributed by atoms with Crippen LogP contribution >= 0.6 is 0 Å². The van der Waals surface area contributed by atoms with Crippen molar-refractivity contribution in [2.75, 3.05) is 7.11 Å². The highest BCUT2D eigenvalue weighted by Crippen LogP contribution is 2.24. The van der Waals surface area contributed by atoms with Gasteiger partial charge in [-0.3, -0.25) is 4.99 Å². The minimum Gasteiger partial charge on any atom is -0.463 e. The molecule has 0 aliphatic heterocycles. The average molecular weight is 394 g/mol. The molecule has 5 nitrogen and oxygen atoms in total. The first-order valence-corrected chi connectivity index (χ1v) is 8.79. The van der Waals surface area contributed by atoms with E-state index < -0.39 is 17.6 Å². The van der Waals surface area contributed by atoms with Crippen LogP contribution in [0.15, 0.2) is 70.2 Å². The van der Waals surface area contributed by atoms with E-state index in [1.54, 1.807) is 12.1 Å². The molecule has 0 bridgehead atoms. The van der Waals surface area contributed by atoms with Gasteiger partial charge in [-0.15, -0.1) is 0 Å². The number of para-hydroxylation sites is 1. The van der Waals surface area contributed by atoms with Gasteiger partial charge in [-0.2, -0.15) is 0 Å². The number of aliphatic imine (C=N–C) groups is 1. The maximum atomic E-state index is 13.8. The van der Waals surface area contributed by atoms with E-state index >= 15 is 0 Å². The fraction of sp³-hybridized carbons (Fsp3) is 0.0909. The molecule has 29 heavy (non-hydrogen) atoms. The van der Waals surface area contributed by atoms with Gasteiger partial charge >= 0.3 is 5.97 Å². The summed E-state index contributed by atoms with van der Waals surface area (Å²) in [6.07, 6.45) is 3.40. The number of fused-ring (bicyclic) bond motifs is 1. The van der Waals surface area contributed by atoms with Gasteiger partial charge in [-0.05, 0) is 30.3 Å². The number of benzene rings is 2. The van der Waals surface area contributed by atoms with Crippen LogP contribution in [0.1, 0.15) is 21.9 Å². The second kappa shape index (κ2) is 7.71. The summed E-state index contributed by atoms with van der Waals surface area (Å²) in [6.45, 7) is 0.385. The number of carbonyl (C=O) groups is 1. The average Bonchev–Trinajstić information content (AvgIpc) is 3.32. The summed E-state index contributed by atoms with van der Waals surface area (Å²) in [5.41, 5.74) is 1.74. The van der Waals surface area contributed by atoms with Crippen molar-refractivity contribution < 1.29 is 22.7 Å². The zero-order chi connectivity index (χ0) is 20.4. The highest BCUT2D eigenvalue weighted by molar-refractivity contribution is 6.00. The number of methoxy groups -OCH3 is 1. The molecular weight excluding hydrogens is 378 g/mol. The third-order valence-electron chi connectivity index (χ3n) is 4.45. The minimum atomic E-state index is -0.726. The SMILES string of the molecule is COC(=O)c1ccc(Cn2cc(C=Nc3ccc(F)cc3F)c3ccccc32)o1. The van der Waals surface area contributed by atoms with Crippen LogP contribution in [0.3, 0.4) is 0 Å². The second-order valence-electron chi connectivity index (χ2n) is 6.34. The Hall–Kier alpha value is -3.74. The van der Waals surface area contributed by atoms with Crippen LogP contribution in [0.2, 0.25) is 0 Å². The number of nitrogens with zero attached hydrogens (tertiary/aromatic N) is 2. The summed E-state index contributed by atoms with van der Waals surface area (Å²) >= 11 is 0. The Bertz CT molecular complexity index is 1220. The van der Waals surface area contributed by atoms with E-state index in [1.165, 1.54) is 19.4 Å². The summed E-state index contributed by atoms with van der Waals surface area (Å²) in [6, 6.07) is 14.2. The molecule has 0 fully saturated rings. The van der Waals surface area contributed by atoms with Gasteiger partial charge in [-0.1, -0.05) is 18.2 Å². The number of furan rings is 1. The number of carbonyl (C=O) groups excluding carboxylic acids is 1. The monoisotopic (exact) mass is 394 g/mol. The zero-order valence-electron chi connectivity index (χ0n) is 15.4. The van der Waals surface area contributed by atoms with Crippen molar-refractivity contribution in [3.8, 4) is 0 Å². The molecule has 0 aliphatic carbocycles. The van der Waals surface area contributed by atoms with E-state index in [4.69, 9.17) is 4.42 Å². The van der Waals surface area contributed by atoms with Crippen LogP contribution in [0.25, 0.3) is 10.9 Å². The molecule has 0 unspecified atom stereocenters. The predicted octanol–water partition coefficient (Wildman–Crippen LogP) is 5.10. The Labute approximate surface area is 164 Å². The van der Waals surface area contributed by atoms with Gasteiger partial charge in [0.1, 0.15) is 11.6 Å². The van der Waals surface area contributed by atoms with Crippen LogP contribution in [0.4, 0.5) is 14.5 Å². The van der Waals surface area contributed by atoms with Crippen molar-refractivity contribution in [3.05, 3.63) is 89.5 Å². The fourth-order valence-electron chi connectivity index (χ4n) is 3.08. The van der Waals surface area contributed by atoms with Crippen molar-refractivity contribution >= 4 is 28.8 Å². The molecule has 2 aromatic carbocycles. The molecule has 146 valence electrons. The molecule has 2 heterocycles. The fourth-order valence-corrected chi connectivity index (χ4v) is 3.08. The van der Waals surface area contributed by atoms with Crippen LogP contribution in [-0.4, -0.2) is 23.9 Å². The Kier molecular flexibility index (Phi) is 4.95. The quantitative estimate of drug-likeness (QED) is 0.350. The van der Waals surface area contributed by atoms with Crippen molar-refractivity contribution in [3.63, 3.8) is 0 Å². The van der Waals surface area contributed by atoms with Gasteiger partial charge in [0.05, 0.1) is 19.3 Å². The van der Waals surface area contributed by atoms with E-state index in [1.807, 2.05) is 35.0 Å². The third-order valence-corrected chi connectivity index (χ3v) is 4.45. The number of aromatic nitrogens is 1. The topological polar surface area (TPSA) is 56.7 Å². The van der Waals surface area contributed by atoms with Crippen molar-refractivity contribution in [1.29, 1.82) is 0 Å². The largest absolute Gasteiger partial charge is 0.463 e. The maximum absolute atomic E-state index is 13.8.